The zero-order chi connectivity index (χ0) is 19.5. The lowest BCUT2D eigenvalue weighted by Crippen LogP contribution is -2.11. The zero-order valence-corrected chi connectivity index (χ0v) is 16.2. The SMILES string of the molecule is COc1ccc(-c2ccc(Cc3coc(C(N)=O)c3-c3ccccc3)s2)cc1. The van der Waals surface area contributed by atoms with Crippen molar-refractivity contribution in [2.24, 2.45) is 5.73 Å². The fourth-order valence-electron chi connectivity index (χ4n) is 3.20. The summed E-state index contributed by atoms with van der Waals surface area (Å²) in [7, 11) is 1.66. The quantitative estimate of drug-likeness (QED) is 0.482. The maximum atomic E-state index is 11.8. The zero-order valence-electron chi connectivity index (χ0n) is 15.3. The van der Waals surface area contributed by atoms with Crippen LogP contribution >= 0.6 is 11.3 Å². The summed E-state index contributed by atoms with van der Waals surface area (Å²) in [5.41, 5.74) is 9.31. The Morgan fingerprint density at radius 2 is 1.75 bits per heavy atom. The van der Waals surface area contributed by atoms with Gasteiger partial charge in [-0.3, -0.25) is 4.79 Å². The minimum absolute atomic E-state index is 0.202. The molecule has 140 valence electrons. The number of hydrogen-bond acceptors (Lipinski definition) is 4. The van der Waals surface area contributed by atoms with Crippen LogP contribution in [0.1, 0.15) is 21.0 Å². The first kappa shape index (κ1) is 18.1. The predicted molar refractivity (Wildman–Crippen MR) is 112 cm³/mol. The van der Waals surface area contributed by atoms with E-state index in [-0.39, 0.29) is 5.76 Å². The molecule has 1 amide bonds. The summed E-state index contributed by atoms with van der Waals surface area (Å²) in [6, 6.07) is 21.9. The molecule has 0 spiro atoms. The first-order chi connectivity index (χ1) is 13.7. The molecule has 0 aliphatic rings. The molecule has 0 radical (unpaired) electrons. The molecule has 0 saturated heterocycles. The standard InChI is InChI=1S/C23H19NO3S/c1-26-18-9-7-15(8-10-18)20-12-11-19(28-20)13-17-14-27-22(23(24)25)21(17)16-5-3-2-4-6-16/h2-12,14H,13H2,1H3,(H2,24,25). The number of carbonyl (C=O) groups is 1. The van der Waals surface area contributed by atoms with E-state index >= 15 is 0 Å². The van der Waals surface area contributed by atoms with Gasteiger partial charge in [0, 0.05) is 27.3 Å². The highest BCUT2D eigenvalue weighted by atomic mass is 32.1. The molecule has 0 saturated carbocycles. The van der Waals surface area contributed by atoms with Crippen LogP contribution in [0.4, 0.5) is 0 Å². The minimum Gasteiger partial charge on any atom is -0.497 e. The van der Waals surface area contributed by atoms with Crippen molar-refractivity contribution in [1.82, 2.24) is 0 Å². The second-order valence-corrected chi connectivity index (χ2v) is 7.53. The number of benzene rings is 2. The summed E-state index contributed by atoms with van der Waals surface area (Å²) in [5, 5.41) is 0. The summed E-state index contributed by atoms with van der Waals surface area (Å²) in [6.45, 7) is 0. The first-order valence-corrected chi connectivity index (χ1v) is 9.66. The largest absolute Gasteiger partial charge is 0.497 e. The third kappa shape index (κ3) is 3.57. The van der Waals surface area contributed by atoms with Gasteiger partial charge in [0.2, 0.25) is 0 Å². The molecule has 0 atom stereocenters. The number of furan rings is 1. The molecule has 0 aliphatic carbocycles. The predicted octanol–water partition coefficient (Wildman–Crippen LogP) is 5.37. The maximum absolute atomic E-state index is 11.8. The second kappa shape index (κ2) is 7.74. The normalized spacial score (nSPS) is 10.8. The van der Waals surface area contributed by atoms with Gasteiger partial charge < -0.3 is 14.9 Å². The van der Waals surface area contributed by atoms with Gasteiger partial charge >= 0.3 is 0 Å². The number of carbonyl (C=O) groups excluding carboxylic acids is 1. The summed E-state index contributed by atoms with van der Waals surface area (Å²) < 4.78 is 10.7. The number of ether oxygens (including phenoxy) is 1. The van der Waals surface area contributed by atoms with Gasteiger partial charge in [0.1, 0.15) is 5.75 Å². The molecular formula is C23H19NO3S. The van der Waals surface area contributed by atoms with Gasteiger partial charge in [-0.15, -0.1) is 11.3 Å². The monoisotopic (exact) mass is 389 g/mol. The van der Waals surface area contributed by atoms with Crippen molar-refractivity contribution in [1.29, 1.82) is 0 Å². The topological polar surface area (TPSA) is 65.5 Å². The summed E-state index contributed by atoms with van der Waals surface area (Å²) in [5.74, 6) is 0.480. The number of rotatable bonds is 6. The van der Waals surface area contributed by atoms with E-state index in [1.54, 1.807) is 24.7 Å². The molecule has 2 N–H and O–H groups in total. The van der Waals surface area contributed by atoms with Crippen LogP contribution in [0.25, 0.3) is 21.6 Å². The molecule has 0 fully saturated rings. The Morgan fingerprint density at radius 1 is 1.00 bits per heavy atom. The Balaban J connectivity index is 1.65. The van der Waals surface area contributed by atoms with Crippen LogP contribution in [0.2, 0.25) is 0 Å². The van der Waals surface area contributed by atoms with E-state index in [9.17, 15) is 4.79 Å². The lowest BCUT2D eigenvalue weighted by molar-refractivity contribution is 0.0975. The molecule has 2 heterocycles. The third-order valence-electron chi connectivity index (χ3n) is 4.55. The Kier molecular flexibility index (Phi) is 5.00. The number of amides is 1. The third-order valence-corrected chi connectivity index (χ3v) is 5.69. The van der Waals surface area contributed by atoms with E-state index in [0.717, 1.165) is 28.0 Å². The van der Waals surface area contributed by atoms with E-state index in [1.165, 1.54) is 9.75 Å². The van der Waals surface area contributed by atoms with Gasteiger partial charge in [0.05, 0.1) is 13.4 Å². The number of primary amides is 1. The molecule has 28 heavy (non-hydrogen) atoms. The Morgan fingerprint density at radius 3 is 2.43 bits per heavy atom. The van der Waals surface area contributed by atoms with Gasteiger partial charge in [-0.25, -0.2) is 0 Å². The Hall–Kier alpha value is -3.31. The van der Waals surface area contributed by atoms with Gasteiger partial charge in [0.15, 0.2) is 5.76 Å². The fraction of sp³-hybridized carbons (Fsp3) is 0.0870. The molecule has 0 bridgehead atoms. The number of methoxy groups -OCH3 is 1. The smallest absolute Gasteiger partial charge is 0.285 e. The fourth-order valence-corrected chi connectivity index (χ4v) is 4.23. The van der Waals surface area contributed by atoms with Gasteiger partial charge in [-0.05, 0) is 47.5 Å². The molecule has 0 aliphatic heterocycles. The molecule has 2 aromatic carbocycles. The van der Waals surface area contributed by atoms with E-state index < -0.39 is 5.91 Å². The van der Waals surface area contributed by atoms with Gasteiger partial charge in [-0.1, -0.05) is 30.3 Å². The van der Waals surface area contributed by atoms with Gasteiger partial charge in [0.25, 0.3) is 5.91 Å². The lowest BCUT2D eigenvalue weighted by atomic mass is 9.99. The number of thiophene rings is 1. The molecule has 4 nitrogen and oxygen atoms in total. The van der Waals surface area contributed by atoms with Crippen molar-refractivity contribution in [3.05, 3.63) is 89.2 Å². The van der Waals surface area contributed by atoms with E-state index in [2.05, 4.69) is 12.1 Å². The average Bonchev–Trinajstić information content (AvgIpc) is 3.36. The number of hydrogen-bond donors (Lipinski definition) is 1. The van der Waals surface area contributed by atoms with Crippen molar-refractivity contribution in [3.8, 4) is 27.3 Å². The molecular weight excluding hydrogens is 370 g/mol. The van der Waals surface area contributed by atoms with Crippen LogP contribution in [0, 0.1) is 0 Å². The van der Waals surface area contributed by atoms with Crippen LogP contribution in [-0.2, 0) is 6.42 Å². The average molecular weight is 389 g/mol. The minimum atomic E-state index is -0.560. The summed E-state index contributed by atoms with van der Waals surface area (Å²) in [4.78, 5) is 14.2. The van der Waals surface area contributed by atoms with Crippen LogP contribution in [-0.4, -0.2) is 13.0 Å². The van der Waals surface area contributed by atoms with Gasteiger partial charge in [-0.2, -0.15) is 0 Å². The maximum Gasteiger partial charge on any atom is 0.285 e. The van der Waals surface area contributed by atoms with Crippen molar-refractivity contribution < 1.29 is 13.9 Å². The first-order valence-electron chi connectivity index (χ1n) is 8.84. The molecule has 5 heteroatoms. The van der Waals surface area contributed by atoms with Crippen LogP contribution in [0.5, 0.6) is 5.75 Å². The van der Waals surface area contributed by atoms with Crippen LogP contribution < -0.4 is 10.5 Å². The molecule has 2 aromatic heterocycles. The highest BCUT2D eigenvalue weighted by Gasteiger charge is 2.20. The molecule has 4 aromatic rings. The highest BCUT2D eigenvalue weighted by Crippen LogP contribution is 2.35. The van der Waals surface area contributed by atoms with E-state index in [1.807, 2.05) is 54.6 Å². The molecule has 4 rings (SSSR count). The van der Waals surface area contributed by atoms with Crippen LogP contribution in [0.3, 0.4) is 0 Å². The van der Waals surface area contributed by atoms with Crippen molar-refractivity contribution in [2.75, 3.05) is 7.11 Å². The summed E-state index contributed by atoms with van der Waals surface area (Å²) >= 11 is 1.72. The van der Waals surface area contributed by atoms with Crippen molar-refractivity contribution in [2.45, 2.75) is 6.42 Å². The Bertz CT molecular complexity index is 1090. The van der Waals surface area contributed by atoms with Crippen molar-refractivity contribution in [3.63, 3.8) is 0 Å². The van der Waals surface area contributed by atoms with E-state index in [0.29, 0.717) is 6.42 Å². The number of nitrogens with two attached hydrogens (primary N) is 1. The van der Waals surface area contributed by atoms with E-state index in [4.69, 9.17) is 14.9 Å². The lowest BCUT2D eigenvalue weighted by Gasteiger charge is -2.04. The summed E-state index contributed by atoms with van der Waals surface area (Å²) in [6.07, 6.45) is 2.30. The van der Waals surface area contributed by atoms with Crippen molar-refractivity contribution >= 4 is 17.2 Å². The van der Waals surface area contributed by atoms with Crippen LogP contribution in [0.15, 0.2) is 77.4 Å². The highest BCUT2D eigenvalue weighted by molar-refractivity contribution is 7.15. The second-order valence-electron chi connectivity index (χ2n) is 6.37. The molecule has 0 unspecified atom stereocenters. The Labute approximate surface area is 167 Å².